The van der Waals surface area contributed by atoms with Crippen molar-refractivity contribution in [1.82, 2.24) is 14.8 Å². The number of hydrogen-bond acceptors (Lipinski definition) is 4. The first-order valence-corrected chi connectivity index (χ1v) is 12.2. The van der Waals surface area contributed by atoms with Gasteiger partial charge in [-0.2, -0.15) is 0 Å². The molecule has 1 fully saturated rings. The number of likely N-dealkylation sites (tertiary alicyclic amines) is 1. The molecule has 2 aliphatic rings. The maximum atomic E-state index is 13.6. The Morgan fingerprint density at radius 1 is 1.06 bits per heavy atom. The molecule has 1 aromatic heterocycles. The fraction of sp³-hybridized carbons (Fsp3) is 0.346. The number of hydrogen-bond donors (Lipinski definition) is 0. The van der Waals surface area contributed by atoms with Crippen LogP contribution in [-0.4, -0.2) is 39.2 Å². The van der Waals surface area contributed by atoms with E-state index in [1.54, 1.807) is 12.1 Å². The average Bonchev–Trinajstić information content (AvgIpc) is 3.43. The Kier molecular flexibility index (Phi) is 5.98. The van der Waals surface area contributed by atoms with Crippen LogP contribution in [0.1, 0.15) is 52.3 Å². The van der Waals surface area contributed by atoms with E-state index in [-0.39, 0.29) is 23.7 Å². The predicted octanol–water partition coefficient (Wildman–Crippen LogP) is 5.18. The molecule has 1 atom stereocenters. The Bertz CT molecular complexity index is 1170. The normalized spacial score (nSPS) is 17.8. The van der Waals surface area contributed by atoms with E-state index in [1.807, 2.05) is 28.9 Å². The number of aryl methyl sites for hydroxylation is 1. The molecule has 0 N–H and O–H groups in total. The van der Waals surface area contributed by atoms with Gasteiger partial charge in [-0.1, -0.05) is 36.4 Å². The van der Waals surface area contributed by atoms with Crippen molar-refractivity contribution in [2.45, 2.75) is 51.7 Å². The van der Waals surface area contributed by atoms with Gasteiger partial charge in [0.2, 0.25) is 5.91 Å². The minimum absolute atomic E-state index is 0.0871. The lowest BCUT2D eigenvalue weighted by molar-refractivity contribution is -0.133. The summed E-state index contributed by atoms with van der Waals surface area (Å²) in [6, 6.07) is 14.2. The number of carbonyl (C=O) groups excluding carboxylic acids is 2. The third-order valence-corrected chi connectivity index (χ3v) is 7.55. The summed E-state index contributed by atoms with van der Waals surface area (Å²) < 4.78 is 13.4. The van der Waals surface area contributed by atoms with E-state index in [0.717, 1.165) is 34.7 Å². The summed E-state index contributed by atoms with van der Waals surface area (Å²) in [5, 5.41) is 0.789. The van der Waals surface area contributed by atoms with Gasteiger partial charge >= 0.3 is 0 Å². The third kappa shape index (κ3) is 4.42. The van der Waals surface area contributed by atoms with Gasteiger partial charge in [0.1, 0.15) is 11.5 Å². The zero-order valence-corrected chi connectivity index (χ0v) is 19.4. The second-order valence-corrected chi connectivity index (χ2v) is 9.99. The van der Waals surface area contributed by atoms with Gasteiger partial charge in [0, 0.05) is 32.1 Å². The van der Waals surface area contributed by atoms with Crippen LogP contribution in [0.15, 0.2) is 48.5 Å². The fourth-order valence-corrected chi connectivity index (χ4v) is 5.74. The highest BCUT2D eigenvalue weighted by Gasteiger charge is 2.34. The van der Waals surface area contributed by atoms with Crippen molar-refractivity contribution in [2.24, 2.45) is 0 Å². The standard InChI is InChI=1S/C26H26FN3O2S/c1-17-28-24(25(33-17)18-9-11-21(27)12-10-18)26(32)30-13-5-4-8-22(30)14-23(31)29-15-19-6-2-3-7-20(19)16-29/h2-3,6-7,9-12,22H,4-5,8,13-16H2,1H3. The van der Waals surface area contributed by atoms with Gasteiger partial charge in [0.15, 0.2) is 0 Å². The van der Waals surface area contributed by atoms with E-state index in [9.17, 15) is 14.0 Å². The summed E-state index contributed by atoms with van der Waals surface area (Å²) in [7, 11) is 0. The molecular formula is C26H26FN3O2S. The number of fused-ring (bicyclic) bond motifs is 1. The van der Waals surface area contributed by atoms with Crippen LogP contribution >= 0.6 is 11.3 Å². The van der Waals surface area contributed by atoms with Crippen molar-refractivity contribution in [2.75, 3.05) is 6.54 Å². The number of rotatable bonds is 4. The van der Waals surface area contributed by atoms with E-state index in [1.165, 1.54) is 34.6 Å². The van der Waals surface area contributed by atoms with Crippen molar-refractivity contribution in [3.63, 3.8) is 0 Å². The second-order valence-electron chi connectivity index (χ2n) is 8.79. The maximum absolute atomic E-state index is 13.6. The molecule has 2 aliphatic heterocycles. The molecule has 3 aromatic rings. The quantitative estimate of drug-likeness (QED) is 0.535. The molecule has 33 heavy (non-hydrogen) atoms. The van der Waals surface area contributed by atoms with Gasteiger partial charge in [0.05, 0.1) is 9.88 Å². The number of piperidine rings is 1. The first kappa shape index (κ1) is 21.8. The highest BCUT2D eigenvalue weighted by molar-refractivity contribution is 7.15. The van der Waals surface area contributed by atoms with E-state index < -0.39 is 0 Å². The first-order valence-electron chi connectivity index (χ1n) is 11.4. The fourth-order valence-electron chi connectivity index (χ4n) is 4.83. The molecular weight excluding hydrogens is 437 g/mol. The molecule has 0 saturated carbocycles. The largest absolute Gasteiger partial charge is 0.334 e. The number of aromatic nitrogens is 1. The number of carbonyl (C=O) groups is 2. The third-order valence-electron chi connectivity index (χ3n) is 6.53. The molecule has 0 spiro atoms. The topological polar surface area (TPSA) is 53.5 Å². The summed E-state index contributed by atoms with van der Waals surface area (Å²) in [6.07, 6.45) is 3.06. The molecule has 170 valence electrons. The van der Waals surface area contributed by atoms with Crippen molar-refractivity contribution < 1.29 is 14.0 Å². The lowest BCUT2D eigenvalue weighted by Gasteiger charge is -2.36. The molecule has 5 rings (SSSR count). The van der Waals surface area contributed by atoms with E-state index in [2.05, 4.69) is 17.1 Å². The Labute approximate surface area is 196 Å². The van der Waals surface area contributed by atoms with Gasteiger partial charge in [-0.3, -0.25) is 9.59 Å². The highest BCUT2D eigenvalue weighted by Crippen LogP contribution is 2.33. The summed E-state index contributed by atoms with van der Waals surface area (Å²) >= 11 is 1.44. The highest BCUT2D eigenvalue weighted by atomic mass is 32.1. The van der Waals surface area contributed by atoms with Crippen molar-refractivity contribution in [3.05, 3.63) is 76.2 Å². The van der Waals surface area contributed by atoms with Crippen LogP contribution in [0.3, 0.4) is 0 Å². The second kappa shape index (κ2) is 9.06. The van der Waals surface area contributed by atoms with Crippen LogP contribution in [0.4, 0.5) is 4.39 Å². The number of nitrogens with zero attached hydrogens (tertiary/aromatic N) is 3. The van der Waals surface area contributed by atoms with Gasteiger partial charge in [-0.25, -0.2) is 9.37 Å². The molecule has 2 amide bonds. The van der Waals surface area contributed by atoms with Crippen LogP contribution in [0, 0.1) is 12.7 Å². The molecule has 5 nitrogen and oxygen atoms in total. The summed E-state index contributed by atoms with van der Waals surface area (Å²) in [5.41, 5.74) is 3.58. The van der Waals surface area contributed by atoms with Crippen molar-refractivity contribution in [3.8, 4) is 10.4 Å². The van der Waals surface area contributed by atoms with Crippen LogP contribution in [-0.2, 0) is 17.9 Å². The lowest BCUT2D eigenvalue weighted by atomic mass is 9.98. The zero-order chi connectivity index (χ0) is 22.9. The first-order chi connectivity index (χ1) is 16.0. The van der Waals surface area contributed by atoms with E-state index >= 15 is 0 Å². The van der Waals surface area contributed by atoms with E-state index in [4.69, 9.17) is 0 Å². The average molecular weight is 464 g/mol. The number of halogens is 1. The number of benzene rings is 2. The minimum Gasteiger partial charge on any atom is -0.334 e. The molecule has 7 heteroatoms. The Hall–Kier alpha value is -3.06. The van der Waals surface area contributed by atoms with Gasteiger partial charge < -0.3 is 9.80 Å². The molecule has 2 aromatic carbocycles. The molecule has 3 heterocycles. The van der Waals surface area contributed by atoms with Crippen LogP contribution in [0.25, 0.3) is 10.4 Å². The smallest absolute Gasteiger partial charge is 0.274 e. The zero-order valence-electron chi connectivity index (χ0n) is 18.6. The number of amides is 2. The number of thiazole rings is 1. The SMILES string of the molecule is Cc1nc(C(=O)N2CCCCC2CC(=O)N2Cc3ccccc3C2)c(-c2ccc(F)cc2)s1. The van der Waals surface area contributed by atoms with Crippen LogP contribution in [0.5, 0.6) is 0 Å². The van der Waals surface area contributed by atoms with Gasteiger partial charge in [-0.15, -0.1) is 11.3 Å². The van der Waals surface area contributed by atoms with E-state index in [0.29, 0.717) is 31.7 Å². The van der Waals surface area contributed by atoms with Gasteiger partial charge in [-0.05, 0) is 55.0 Å². The Morgan fingerprint density at radius 2 is 1.76 bits per heavy atom. The van der Waals surface area contributed by atoms with Crippen LogP contribution < -0.4 is 0 Å². The van der Waals surface area contributed by atoms with Crippen molar-refractivity contribution >= 4 is 23.2 Å². The molecule has 1 saturated heterocycles. The Morgan fingerprint density at radius 3 is 2.45 bits per heavy atom. The summed E-state index contributed by atoms with van der Waals surface area (Å²) in [4.78, 5) is 35.8. The molecule has 0 radical (unpaired) electrons. The van der Waals surface area contributed by atoms with Gasteiger partial charge in [0.25, 0.3) is 5.91 Å². The predicted molar refractivity (Wildman–Crippen MR) is 126 cm³/mol. The van der Waals surface area contributed by atoms with Crippen LogP contribution in [0.2, 0.25) is 0 Å². The monoisotopic (exact) mass is 463 g/mol. The summed E-state index contributed by atoms with van der Waals surface area (Å²) in [5.74, 6) is -0.364. The Balaban J connectivity index is 1.35. The molecule has 0 aliphatic carbocycles. The molecule has 1 unspecified atom stereocenters. The minimum atomic E-state index is -0.313. The van der Waals surface area contributed by atoms with Crippen molar-refractivity contribution in [1.29, 1.82) is 0 Å². The maximum Gasteiger partial charge on any atom is 0.274 e. The lowest BCUT2D eigenvalue weighted by Crippen LogP contribution is -2.46. The molecule has 0 bridgehead atoms. The summed E-state index contributed by atoms with van der Waals surface area (Å²) in [6.45, 7) is 3.76.